The summed E-state index contributed by atoms with van der Waals surface area (Å²) >= 11 is 0. The molecule has 94 valence electrons. The van der Waals surface area contributed by atoms with Crippen molar-refractivity contribution in [3.05, 3.63) is 53.3 Å². The molecule has 1 N–H and O–H groups in total. The predicted octanol–water partition coefficient (Wildman–Crippen LogP) is 2.75. The van der Waals surface area contributed by atoms with E-state index in [4.69, 9.17) is 15.1 Å². The minimum atomic E-state index is -1.06. The first-order valence-corrected chi connectivity index (χ1v) is 5.48. The van der Waals surface area contributed by atoms with E-state index < -0.39 is 5.97 Å². The molecule has 0 atom stereocenters. The van der Waals surface area contributed by atoms with Gasteiger partial charge in [0.2, 0.25) is 0 Å². The molecular formula is C14H10N2O3. The Kier molecular flexibility index (Phi) is 3.44. The van der Waals surface area contributed by atoms with Gasteiger partial charge in [-0.3, -0.25) is 0 Å². The number of hydrogen-bond acceptors (Lipinski definition) is 4. The lowest BCUT2D eigenvalue weighted by Crippen LogP contribution is -2.01. The van der Waals surface area contributed by atoms with E-state index in [2.05, 4.69) is 4.98 Å². The van der Waals surface area contributed by atoms with Gasteiger partial charge in [-0.25, -0.2) is 9.78 Å². The van der Waals surface area contributed by atoms with E-state index in [-0.39, 0.29) is 17.0 Å². The SMILES string of the molecule is Cc1cccc(C(=O)O)c1Oc1ccc(C#N)nc1. The highest BCUT2D eigenvalue weighted by molar-refractivity contribution is 5.91. The fraction of sp³-hybridized carbons (Fsp3) is 0.0714. The van der Waals surface area contributed by atoms with Gasteiger partial charge < -0.3 is 9.84 Å². The number of carboxylic acid groups (broad SMARTS) is 1. The van der Waals surface area contributed by atoms with Gasteiger partial charge in [0.15, 0.2) is 0 Å². The van der Waals surface area contributed by atoms with Crippen LogP contribution < -0.4 is 4.74 Å². The van der Waals surface area contributed by atoms with Crippen LogP contribution in [0, 0.1) is 18.3 Å². The summed E-state index contributed by atoms with van der Waals surface area (Å²) in [5.74, 6) is -0.391. The van der Waals surface area contributed by atoms with Gasteiger partial charge in [-0.05, 0) is 30.7 Å². The van der Waals surface area contributed by atoms with Gasteiger partial charge in [0.25, 0.3) is 0 Å². The third-order valence-electron chi connectivity index (χ3n) is 2.51. The predicted molar refractivity (Wildman–Crippen MR) is 67.2 cm³/mol. The summed E-state index contributed by atoms with van der Waals surface area (Å²) in [7, 11) is 0. The molecule has 5 heteroatoms. The number of rotatable bonds is 3. The van der Waals surface area contributed by atoms with Crippen LogP contribution in [0.3, 0.4) is 0 Å². The van der Waals surface area contributed by atoms with E-state index in [0.717, 1.165) is 0 Å². The molecule has 1 aromatic heterocycles. The summed E-state index contributed by atoms with van der Waals surface area (Å²) in [5, 5.41) is 17.8. The number of hydrogen-bond donors (Lipinski definition) is 1. The lowest BCUT2D eigenvalue weighted by molar-refractivity contribution is 0.0694. The van der Waals surface area contributed by atoms with Gasteiger partial charge in [0.05, 0.1) is 6.20 Å². The number of ether oxygens (including phenoxy) is 1. The Balaban J connectivity index is 2.37. The molecule has 0 aliphatic heterocycles. The number of para-hydroxylation sites is 1. The molecule has 2 aromatic rings. The van der Waals surface area contributed by atoms with E-state index in [1.54, 1.807) is 25.1 Å². The number of carboxylic acids is 1. The van der Waals surface area contributed by atoms with Crippen molar-refractivity contribution in [3.8, 4) is 17.6 Å². The largest absolute Gasteiger partial charge is 0.478 e. The van der Waals surface area contributed by atoms with Crippen LogP contribution in [0.1, 0.15) is 21.6 Å². The first kappa shape index (κ1) is 12.6. The lowest BCUT2D eigenvalue weighted by atomic mass is 10.1. The van der Waals surface area contributed by atoms with Crippen molar-refractivity contribution in [2.24, 2.45) is 0 Å². The molecule has 0 saturated carbocycles. The van der Waals surface area contributed by atoms with Crippen LogP contribution in [-0.4, -0.2) is 16.1 Å². The number of nitrogens with zero attached hydrogens (tertiary/aromatic N) is 2. The van der Waals surface area contributed by atoms with Crippen LogP contribution in [-0.2, 0) is 0 Å². The smallest absolute Gasteiger partial charge is 0.339 e. The van der Waals surface area contributed by atoms with E-state index >= 15 is 0 Å². The molecule has 0 fully saturated rings. The Morgan fingerprint density at radius 3 is 2.74 bits per heavy atom. The van der Waals surface area contributed by atoms with Crippen LogP contribution in [0.4, 0.5) is 0 Å². The van der Waals surface area contributed by atoms with E-state index in [9.17, 15) is 4.79 Å². The second kappa shape index (κ2) is 5.19. The summed E-state index contributed by atoms with van der Waals surface area (Å²) in [5.41, 5.74) is 1.07. The Hall–Kier alpha value is -2.87. The minimum Gasteiger partial charge on any atom is -0.478 e. The second-order valence-corrected chi connectivity index (χ2v) is 3.85. The Labute approximate surface area is 109 Å². The Morgan fingerprint density at radius 2 is 2.16 bits per heavy atom. The van der Waals surface area contributed by atoms with Crippen LogP contribution in [0.2, 0.25) is 0 Å². The average molecular weight is 254 g/mol. The average Bonchev–Trinajstić information content (AvgIpc) is 2.41. The summed E-state index contributed by atoms with van der Waals surface area (Å²) in [6, 6.07) is 9.87. The molecule has 1 aromatic carbocycles. The Morgan fingerprint density at radius 1 is 1.37 bits per heavy atom. The molecule has 0 radical (unpaired) electrons. The number of aryl methyl sites for hydroxylation is 1. The number of benzene rings is 1. The van der Waals surface area contributed by atoms with Gasteiger partial charge in [-0.15, -0.1) is 0 Å². The molecule has 0 aliphatic carbocycles. The van der Waals surface area contributed by atoms with E-state index in [1.807, 2.05) is 6.07 Å². The van der Waals surface area contributed by atoms with Crippen molar-refractivity contribution in [1.82, 2.24) is 4.98 Å². The van der Waals surface area contributed by atoms with Crippen LogP contribution in [0.15, 0.2) is 36.5 Å². The maximum absolute atomic E-state index is 11.1. The first-order chi connectivity index (χ1) is 9.11. The number of carbonyl (C=O) groups is 1. The van der Waals surface area contributed by atoms with Gasteiger partial charge in [-0.1, -0.05) is 12.1 Å². The molecule has 0 bridgehead atoms. The molecule has 0 amide bonds. The number of nitriles is 1. The summed E-state index contributed by atoms with van der Waals surface area (Å²) in [6.07, 6.45) is 1.39. The zero-order valence-corrected chi connectivity index (χ0v) is 10.1. The maximum atomic E-state index is 11.1. The molecule has 0 spiro atoms. The van der Waals surface area contributed by atoms with Crippen molar-refractivity contribution in [2.45, 2.75) is 6.92 Å². The lowest BCUT2D eigenvalue weighted by Gasteiger charge is -2.11. The third-order valence-corrected chi connectivity index (χ3v) is 2.51. The van der Waals surface area contributed by atoms with E-state index in [0.29, 0.717) is 11.3 Å². The highest BCUT2D eigenvalue weighted by atomic mass is 16.5. The molecule has 0 unspecified atom stereocenters. The first-order valence-electron chi connectivity index (χ1n) is 5.48. The molecular weight excluding hydrogens is 244 g/mol. The summed E-state index contributed by atoms with van der Waals surface area (Å²) < 4.78 is 5.55. The van der Waals surface area contributed by atoms with Crippen molar-refractivity contribution < 1.29 is 14.6 Å². The molecule has 2 rings (SSSR count). The number of aromatic carboxylic acids is 1. The van der Waals surface area contributed by atoms with Gasteiger partial charge in [-0.2, -0.15) is 5.26 Å². The Bertz CT molecular complexity index is 657. The van der Waals surface area contributed by atoms with Crippen molar-refractivity contribution in [2.75, 3.05) is 0 Å². The standard InChI is InChI=1S/C14H10N2O3/c1-9-3-2-4-12(14(17)18)13(9)19-11-6-5-10(7-15)16-8-11/h2-6,8H,1H3,(H,17,18). The zero-order chi connectivity index (χ0) is 13.8. The summed E-state index contributed by atoms with van der Waals surface area (Å²) in [6.45, 7) is 1.76. The fourth-order valence-corrected chi connectivity index (χ4v) is 1.58. The molecule has 1 heterocycles. The number of pyridine rings is 1. The van der Waals surface area contributed by atoms with Gasteiger partial charge in [0, 0.05) is 0 Å². The molecule has 0 saturated heterocycles. The van der Waals surface area contributed by atoms with Crippen molar-refractivity contribution in [1.29, 1.82) is 5.26 Å². The fourth-order valence-electron chi connectivity index (χ4n) is 1.58. The normalized spacial score (nSPS) is 9.68. The van der Waals surface area contributed by atoms with Crippen molar-refractivity contribution >= 4 is 5.97 Å². The van der Waals surface area contributed by atoms with Crippen LogP contribution in [0.5, 0.6) is 11.5 Å². The van der Waals surface area contributed by atoms with Gasteiger partial charge in [0.1, 0.15) is 28.8 Å². The quantitative estimate of drug-likeness (QED) is 0.910. The maximum Gasteiger partial charge on any atom is 0.339 e. The monoisotopic (exact) mass is 254 g/mol. The second-order valence-electron chi connectivity index (χ2n) is 3.85. The van der Waals surface area contributed by atoms with Crippen molar-refractivity contribution in [3.63, 3.8) is 0 Å². The highest BCUT2D eigenvalue weighted by Gasteiger charge is 2.14. The molecule has 19 heavy (non-hydrogen) atoms. The van der Waals surface area contributed by atoms with Crippen LogP contribution >= 0.6 is 0 Å². The van der Waals surface area contributed by atoms with E-state index in [1.165, 1.54) is 18.3 Å². The third kappa shape index (κ3) is 2.69. The van der Waals surface area contributed by atoms with Gasteiger partial charge >= 0.3 is 5.97 Å². The zero-order valence-electron chi connectivity index (χ0n) is 10.1. The highest BCUT2D eigenvalue weighted by Crippen LogP contribution is 2.28. The molecule has 5 nitrogen and oxygen atoms in total. The topological polar surface area (TPSA) is 83.2 Å². The summed E-state index contributed by atoms with van der Waals surface area (Å²) in [4.78, 5) is 15.0. The van der Waals surface area contributed by atoms with Crippen LogP contribution in [0.25, 0.3) is 0 Å². The minimum absolute atomic E-state index is 0.0874. The molecule has 0 aliphatic rings. The number of aromatic nitrogens is 1.